The van der Waals surface area contributed by atoms with Gasteiger partial charge in [0.2, 0.25) is 6.04 Å². The third-order valence-electron chi connectivity index (χ3n) is 7.11. The van der Waals surface area contributed by atoms with Crippen molar-refractivity contribution in [3.63, 3.8) is 0 Å². The Hall–Kier alpha value is -4.47. The Labute approximate surface area is 275 Å². The maximum atomic E-state index is 14.2. The molecule has 48 heavy (non-hydrogen) atoms. The molecule has 1 aliphatic rings. The minimum absolute atomic E-state index is 0.0389. The number of benzene rings is 2. The number of rotatable bonds is 8. The van der Waals surface area contributed by atoms with Crippen molar-refractivity contribution < 1.29 is 57.7 Å². The number of aromatic nitrogens is 3. The first kappa shape index (κ1) is 34.9. The Morgan fingerprint density at radius 3 is 2.15 bits per heavy atom. The van der Waals surface area contributed by atoms with Crippen molar-refractivity contribution in [1.29, 1.82) is 0 Å². The zero-order valence-corrected chi connectivity index (χ0v) is 26.2. The Morgan fingerprint density at radius 2 is 1.60 bits per heavy atom. The summed E-state index contributed by atoms with van der Waals surface area (Å²) in [6.07, 6.45) is -8.66. The summed E-state index contributed by atoms with van der Waals surface area (Å²) >= 11 is 7.18. The summed E-state index contributed by atoms with van der Waals surface area (Å²) in [4.78, 5) is 32.4. The third-order valence-corrected chi connectivity index (χ3v) is 11.0. The van der Waals surface area contributed by atoms with E-state index >= 15 is 0 Å². The molecule has 0 saturated carbocycles. The SMILES string of the molecule is NC(=O)[N@@+]1(S(=O)(=O)c2ccc(OC(F)(F)F)cc2)CCN(c2nc3cnnc(Cl)c3s2)CC1C(=O)NCc1ccc(OC(F)(F)F)cc1. The lowest BCUT2D eigenvalue weighted by atomic mass is 10.1. The molecular weight excluding hydrogens is 720 g/mol. The largest absolute Gasteiger partial charge is 0.573 e. The monoisotopic (exact) mass is 740 g/mol. The van der Waals surface area contributed by atoms with Gasteiger partial charge in [0.15, 0.2) is 10.3 Å². The topological polar surface area (TPSA) is 167 Å². The number of nitrogens with two attached hydrogens (primary N) is 1. The van der Waals surface area contributed by atoms with Gasteiger partial charge in [-0.3, -0.25) is 4.79 Å². The Balaban J connectivity index is 1.49. The average molecular weight is 741 g/mol. The van der Waals surface area contributed by atoms with Crippen molar-refractivity contribution in [1.82, 2.24) is 20.5 Å². The summed E-state index contributed by atoms with van der Waals surface area (Å²) in [5.74, 6) is -2.27. The second kappa shape index (κ2) is 12.9. The smallest absolute Gasteiger partial charge is 0.406 e. The van der Waals surface area contributed by atoms with Gasteiger partial charge in [-0.15, -0.1) is 35.3 Å². The van der Waals surface area contributed by atoms with Gasteiger partial charge in [-0.1, -0.05) is 35.1 Å². The van der Waals surface area contributed by atoms with E-state index in [4.69, 9.17) is 17.3 Å². The molecule has 5 rings (SSSR count). The van der Waals surface area contributed by atoms with Gasteiger partial charge < -0.3 is 25.4 Å². The van der Waals surface area contributed by atoms with Gasteiger partial charge in [0.1, 0.15) is 28.5 Å². The van der Waals surface area contributed by atoms with Gasteiger partial charge in [0.25, 0.3) is 5.91 Å². The summed E-state index contributed by atoms with van der Waals surface area (Å²) in [5.41, 5.74) is 6.37. The lowest BCUT2D eigenvalue weighted by Gasteiger charge is -2.44. The van der Waals surface area contributed by atoms with Crippen LogP contribution in [0.25, 0.3) is 10.2 Å². The fourth-order valence-corrected chi connectivity index (χ4v) is 8.08. The summed E-state index contributed by atoms with van der Waals surface area (Å²) in [6, 6.07) is 4.20. The Bertz CT molecular complexity index is 1950. The van der Waals surface area contributed by atoms with Crippen LogP contribution < -0.4 is 25.4 Å². The van der Waals surface area contributed by atoms with Crippen LogP contribution in [0, 0.1) is 0 Å². The number of nitrogens with one attached hydrogen (secondary N) is 1. The molecule has 13 nitrogen and oxygen atoms in total. The molecule has 2 aromatic heterocycles. The molecule has 3 amide bonds. The van der Waals surface area contributed by atoms with Crippen LogP contribution in [0.15, 0.2) is 59.6 Å². The number of hydrogen-bond donors (Lipinski definition) is 2. The minimum atomic E-state index is -5.07. The van der Waals surface area contributed by atoms with E-state index in [0.29, 0.717) is 10.2 Å². The lowest BCUT2D eigenvalue weighted by Crippen LogP contribution is -2.75. The number of anilines is 1. The number of hydrogen-bond acceptors (Lipinski definition) is 11. The van der Waals surface area contributed by atoms with Crippen LogP contribution in [0.3, 0.4) is 0 Å². The lowest BCUT2D eigenvalue weighted by molar-refractivity contribution is -0.741. The van der Waals surface area contributed by atoms with Gasteiger partial charge in [0, 0.05) is 6.54 Å². The van der Waals surface area contributed by atoms with Crippen LogP contribution in [0.1, 0.15) is 5.56 Å². The summed E-state index contributed by atoms with van der Waals surface area (Å²) in [7, 11) is -4.96. The van der Waals surface area contributed by atoms with Crippen molar-refractivity contribution >= 4 is 60.2 Å². The summed E-state index contributed by atoms with van der Waals surface area (Å²) in [6.45, 7) is -1.59. The molecule has 3 N–H and O–H groups in total. The van der Waals surface area contributed by atoms with Gasteiger partial charge >= 0.3 is 28.8 Å². The number of urea groups is 1. The number of alkyl halides is 6. The first-order chi connectivity index (χ1) is 22.4. The van der Waals surface area contributed by atoms with Crippen LogP contribution in [0.2, 0.25) is 5.15 Å². The highest BCUT2D eigenvalue weighted by atomic mass is 35.5. The van der Waals surface area contributed by atoms with E-state index in [1.165, 1.54) is 23.2 Å². The number of amides is 3. The molecule has 1 fully saturated rings. The van der Waals surface area contributed by atoms with E-state index in [9.17, 15) is 44.3 Å². The predicted octanol–water partition coefficient (Wildman–Crippen LogP) is 4.33. The van der Waals surface area contributed by atoms with Gasteiger partial charge in [-0.05, 0) is 42.0 Å². The number of halogens is 7. The number of carbonyl (C=O) groups is 2. The predicted molar refractivity (Wildman–Crippen MR) is 156 cm³/mol. The molecule has 1 saturated heterocycles. The van der Waals surface area contributed by atoms with Crippen molar-refractivity contribution in [2.24, 2.45) is 5.73 Å². The number of fused-ring (bicyclic) bond motifs is 1. The molecule has 0 radical (unpaired) electrons. The minimum Gasteiger partial charge on any atom is -0.406 e. The zero-order chi connectivity index (χ0) is 35.1. The fraction of sp³-hybridized carbons (Fsp3) is 0.269. The quantitative estimate of drug-likeness (QED) is 0.196. The second-order valence-electron chi connectivity index (χ2n) is 10.1. The maximum absolute atomic E-state index is 14.2. The number of ether oxygens (including phenoxy) is 2. The number of piperazine rings is 1. The molecule has 2 aromatic carbocycles. The highest BCUT2D eigenvalue weighted by Crippen LogP contribution is 2.37. The van der Waals surface area contributed by atoms with Gasteiger partial charge in [-0.25, -0.2) is 9.78 Å². The van der Waals surface area contributed by atoms with E-state index < -0.39 is 74.1 Å². The molecule has 0 bridgehead atoms. The first-order valence-electron chi connectivity index (χ1n) is 13.3. The number of thiazole rings is 1. The van der Waals surface area contributed by atoms with Crippen LogP contribution in [-0.4, -0.2) is 77.8 Å². The number of carbonyl (C=O) groups excluding carboxylic acids is 2. The molecule has 3 heterocycles. The zero-order valence-electron chi connectivity index (χ0n) is 23.8. The van der Waals surface area contributed by atoms with E-state index in [1.54, 1.807) is 0 Å². The van der Waals surface area contributed by atoms with Crippen LogP contribution in [-0.2, 0) is 21.4 Å². The van der Waals surface area contributed by atoms with E-state index in [2.05, 4.69) is 30.0 Å². The van der Waals surface area contributed by atoms with E-state index in [0.717, 1.165) is 47.7 Å². The molecule has 256 valence electrons. The van der Waals surface area contributed by atoms with E-state index in [-0.39, 0.29) is 28.9 Å². The average Bonchev–Trinajstić information content (AvgIpc) is 3.45. The van der Waals surface area contributed by atoms with Crippen molar-refractivity contribution in [3.05, 3.63) is 65.4 Å². The fourth-order valence-electron chi connectivity index (χ4n) is 4.96. The normalized spacial score (nSPS) is 18.8. The van der Waals surface area contributed by atoms with E-state index in [1.807, 2.05) is 0 Å². The molecule has 4 aromatic rings. The third kappa shape index (κ3) is 7.17. The van der Waals surface area contributed by atoms with Crippen molar-refractivity contribution in [2.45, 2.75) is 30.2 Å². The van der Waals surface area contributed by atoms with Crippen LogP contribution >= 0.6 is 22.9 Å². The Kier molecular flexibility index (Phi) is 9.34. The number of primary amides is 1. The van der Waals surface area contributed by atoms with Crippen LogP contribution in [0.4, 0.5) is 36.3 Å². The summed E-state index contributed by atoms with van der Waals surface area (Å²) in [5, 5.41) is 10.3. The molecule has 22 heteroatoms. The highest BCUT2D eigenvalue weighted by molar-refractivity contribution is 7.86. The number of quaternary nitrogens is 1. The number of nitrogens with zero attached hydrogens (tertiary/aromatic N) is 5. The standard InChI is InChI=1S/C26H20ClF6N7O6S2/c27-21-20-18(12-36-38-21)37-24(47-20)39-9-10-40(23(34)42,48(43,44)17-7-5-16(6-8-17)46-26(31,32)33)19(13-39)22(41)35-11-14-1-3-15(4-2-14)45-25(28,29)30/h1-8,12,19H,9-11,13H2,(H2-,34,35,41,42)/p+1/t19?,40-/m1/s1. The van der Waals surface area contributed by atoms with Crippen molar-refractivity contribution in [2.75, 3.05) is 24.5 Å². The Morgan fingerprint density at radius 1 is 1.02 bits per heavy atom. The molecule has 1 unspecified atom stereocenters. The van der Waals surface area contributed by atoms with Crippen molar-refractivity contribution in [3.8, 4) is 11.5 Å². The van der Waals surface area contributed by atoms with Gasteiger partial charge in [-0.2, -0.15) is 13.5 Å². The number of sulfonamides is 1. The molecule has 0 aliphatic carbocycles. The molecule has 1 aliphatic heterocycles. The molecule has 2 atom stereocenters. The highest BCUT2D eigenvalue weighted by Gasteiger charge is 2.60. The summed E-state index contributed by atoms with van der Waals surface area (Å²) < 4.78 is 110. The van der Waals surface area contributed by atoms with Gasteiger partial charge in [0.05, 0.1) is 24.0 Å². The second-order valence-corrected chi connectivity index (χ2v) is 13.5. The van der Waals surface area contributed by atoms with Crippen LogP contribution in [0.5, 0.6) is 11.5 Å². The first-order valence-corrected chi connectivity index (χ1v) is 16.0. The molecule has 0 spiro atoms. The molecular formula is C26H21ClF6N7O6S2+. The maximum Gasteiger partial charge on any atom is 0.573 e.